The van der Waals surface area contributed by atoms with Crippen LogP contribution >= 0.6 is 0 Å². The van der Waals surface area contributed by atoms with Crippen LogP contribution in [0.1, 0.15) is 18.4 Å². The molecule has 0 aromatic heterocycles. The molecule has 0 saturated heterocycles. The first-order valence-corrected chi connectivity index (χ1v) is 7.00. The molecule has 90 valence electrons. The van der Waals surface area contributed by atoms with Crippen LogP contribution in [-0.2, 0) is 15.6 Å². The number of unbranched alkanes of at least 4 members (excludes halogenated alkanes) is 1. The average Bonchev–Trinajstić information content (AvgIpc) is 2.21. The van der Waals surface area contributed by atoms with E-state index in [9.17, 15) is 12.8 Å². The van der Waals surface area contributed by atoms with Gasteiger partial charge in [0.15, 0.2) is 9.84 Å². The zero-order valence-electron chi connectivity index (χ0n) is 9.02. The number of hydrogen-bond donors (Lipinski definition) is 1. The summed E-state index contributed by atoms with van der Waals surface area (Å²) in [5, 5.41) is 0. The van der Waals surface area contributed by atoms with Crippen LogP contribution < -0.4 is 5.73 Å². The summed E-state index contributed by atoms with van der Waals surface area (Å²) in [5.41, 5.74) is 5.91. The monoisotopic (exact) mass is 245 g/mol. The van der Waals surface area contributed by atoms with Crippen molar-refractivity contribution in [3.05, 3.63) is 35.6 Å². The van der Waals surface area contributed by atoms with E-state index in [0.29, 0.717) is 24.9 Å². The molecule has 0 fully saturated rings. The minimum Gasteiger partial charge on any atom is -0.330 e. The van der Waals surface area contributed by atoms with E-state index in [2.05, 4.69) is 0 Å². The van der Waals surface area contributed by atoms with Gasteiger partial charge in [-0.2, -0.15) is 0 Å². The second-order valence-corrected chi connectivity index (χ2v) is 5.90. The Morgan fingerprint density at radius 3 is 2.31 bits per heavy atom. The zero-order valence-corrected chi connectivity index (χ0v) is 9.84. The van der Waals surface area contributed by atoms with Gasteiger partial charge in [-0.25, -0.2) is 12.8 Å². The molecule has 1 rings (SSSR count). The molecule has 0 aliphatic rings. The van der Waals surface area contributed by atoms with Crippen LogP contribution in [0.15, 0.2) is 24.3 Å². The van der Waals surface area contributed by atoms with Crippen molar-refractivity contribution in [1.29, 1.82) is 0 Å². The van der Waals surface area contributed by atoms with E-state index in [-0.39, 0.29) is 17.3 Å². The Morgan fingerprint density at radius 1 is 1.12 bits per heavy atom. The molecule has 0 spiro atoms. The molecule has 0 amide bonds. The first kappa shape index (κ1) is 13.1. The maximum absolute atomic E-state index is 12.6. The van der Waals surface area contributed by atoms with Gasteiger partial charge in [-0.15, -0.1) is 0 Å². The van der Waals surface area contributed by atoms with Gasteiger partial charge in [0.05, 0.1) is 11.5 Å². The molecule has 0 saturated carbocycles. The summed E-state index contributed by atoms with van der Waals surface area (Å²) in [6.45, 7) is 0.506. The van der Waals surface area contributed by atoms with Crippen molar-refractivity contribution in [2.24, 2.45) is 5.73 Å². The Bertz CT molecular complexity index is 414. The Balaban J connectivity index is 2.55. The minimum absolute atomic E-state index is 0.0299. The minimum atomic E-state index is -3.10. The van der Waals surface area contributed by atoms with Gasteiger partial charge in [0.1, 0.15) is 5.82 Å². The highest BCUT2D eigenvalue weighted by molar-refractivity contribution is 7.90. The Morgan fingerprint density at radius 2 is 1.75 bits per heavy atom. The van der Waals surface area contributed by atoms with E-state index in [0.717, 1.165) is 0 Å². The third-order valence-corrected chi connectivity index (χ3v) is 3.89. The molecule has 0 bridgehead atoms. The van der Waals surface area contributed by atoms with Crippen molar-refractivity contribution in [2.75, 3.05) is 12.3 Å². The van der Waals surface area contributed by atoms with Gasteiger partial charge in [0, 0.05) is 0 Å². The van der Waals surface area contributed by atoms with Gasteiger partial charge in [-0.1, -0.05) is 12.1 Å². The predicted molar refractivity (Wildman–Crippen MR) is 62.2 cm³/mol. The molecule has 1 aromatic rings. The molecule has 0 heterocycles. The van der Waals surface area contributed by atoms with E-state index in [1.165, 1.54) is 24.3 Å². The van der Waals surface area contributed by atoms with Crippen LogP contribution in [0.2, 0.25) is 0 Å². The van der Waals surface area contributed by atoms with Crippen molar-refractivity contribution >= 4 is 9.84 Å². The summed E-state index contributed by atoms with van der Waals surface area (Å²) in [6, 6.07) is 5.53. The third kappa shape index (κ3) is 4.72. The van der Waals surface area contributed by atoms with Gasteiger partial charge in [0.25, 0.3) is 0 Å². The highest BCUT2D eigenvalue weighted by Crippen LogP contribution is 2.09. The number of nitrogens with two attached hydrogens (primary N) is 1. The van der Waals surface area contributed by atoms with Crippen molar-refractivity contribution in [2.45, 2.75) is 18.6 Å². The molecule has 0 atom stereocenters. The lowest BCUT2D eigenvalue weighted by molar-refractivity contribution is 0.590. The SMILES string of the molecule is NCCCCS(=O)(=O)Cc1ccc(F)cc1. The molecule has 3 nitrogen and oxygen atoms in total. The number of hydrogen-bond acceptors (Lipinski definition) is 3. The maximum atomic E-state index is 12.6. The normalized spacial score (nSPS) is 11.6. The van der Waals surface area contributed by atoms with Crippen molar-refractivity contribution < 1.29 is 12.8 Å². The standard InChI is InChI=1S/C11H16FNO2S/c12-11-5-3-10(4-6-11)9-16(14,15)8-2-1-7-13/h3-6H,1-2,7-9,13H2. The number of halogens is 1. The summed E-state index contributed by atoms with van der Waals surface area (Å²) in [6.07, 6.45) is 1.29. The lowest BCUT2D eigenvalue weighted by Crippen LogP contribution is -2.11. The van der Waals surface area contributed by atoms with Crippen LogP contribution in [-0.4, -0.2) is 20.7 Å². The predicted octanol–water partition coefficient (Wildman–Crippen LogP) is 1.48. The summed E-state index contributed by atoms with van der Waals surface area (Å²) in [4.78, 5) is 0. The Labute approximate surface area is 95.4 Å². The fourth-order valence-corrected chi connectivity index (χ4v) is 2.86. The number of sulfone groups is 1. The molecular weight excluding hydrogens is 229 g/mol. The summed E-state index contributed by atoms with van der Waals surface area (Å²) in [7, 11) is -3.10. The van der Waals surface area contributed by atoms with Crippen LogP contribution in [0.5, 0.6) is 0 Å². The Hall–Kier alpha value is -0.940. The van der Waals surface area contributed by atoms with Crippen LogP contribution in [0, 0.1) is 5.82 Å². The van der Waals surface area contributed by atoms with E-state index < -0.39 is 9.84 Å². The molecular formula is C11H16FNO2S. The van der Waals surface area contributed by atoms with E-state index in [1.54, 1.807) is 0 Å². The molecule has 0 aliphatic carbocycles. The van der Waals surface area contributed by atoms with Crippen molar-refractivity contribution in [3.8, 4) is 0 Å². The van der Waals surface area contributed by atoms with Crippen molar-refractivity contribution in [1.82, 2.24) is 0 Å². The number of rotatable bonds is 6. The highest BCUT2D eigenvalue weighted by Gasteiger charge is 2.11. The van der Waals surface area contributed by atoms with E-state index >= 15 is 0 Å². The molecule has 5 heteroatoms. The molecule has 2 N–H and O–H groups in total. The summed E-state index contributed by atoms with van der Waals surface area (Å²) < 4.78 is 35.9. The van der Waals surface area contributed by atoms with Gasteiger partial charge >= 0.3 is 0 Å². The third-order valence-electron chi connectivity index (χ3n) is 2.21. The Kier molecular flexibility index (Phi) is 4.89. The molecule has 0 radical (unpaired) electrons. The van der Waals surface area contributed by atoms with Crippen molar-refractivity contribution in [3.63, 3.8) is 0 Å². The van der Waals surface area contributed by atoms with Crippen LogP contribution in [0.3, 0.4) is 0 Å². The first-order valence-electron chi connectivity index (χ1n) is 5.18. The second-order valence-electron chi connectivity index (χ2n) is 3.71. The smallest absolute Gasteiger partial charge is 0.154 e. The van der Waals surface area contributed by atoms with Gasteiger partial charge < -0.3 is 5.73 Å². The fourth-order valence-electron chi connectivity index (χ4n) is 1.37. The van der Waals surface area contributed by atoms with E-state index in [4.69, 9.17) is 5.73 Å². The molecule has 16 heavy (non-hydrogen) atoms. The lowest BCUT2D eigenvalue weighted by Gasteiger charge is -2.04. The topological polar surface area (TPSA) is 60.2 Å². The molecule has 0 unspecified atom stereocenters. The summed E-state index contributed by atoms with van der Waals surface area (Å²) >= 11 is 0. The van der Waals surface area contributed by atoms with Gasteiger partial charge in [-0.05, 0) is 37.1 Å². The van der Waals surface area contributed by atoms with Crippen LogP contribution in [0.4, 0.5) is 4.39 Å². The zero-order chi connectivity index (χ0) is 12.0. The molecule has 1 aromatic carbocycles. The van der Waals surface area contributed by atoms with Gasteiger partial charge in [-0.3, -0.25) is 0 Å². The second kappa shape index (κ2) is 5.96. The largest absolute Gasteiger partial charge is 0.330 e. The maximum Gasteiger partial charge on any atom is 0.154 e. The fraction of sp³-hybridized carbons (Fsp3) is 0.455. The lowest BCUT2D eigenvalue weighted by atomic mass is 10.2. The quantitative estimate of drug-likeness (QED) is 0.772. The first-order chi connectivity index (χ1) is 7.53. The molecule has 0 aliphatic heterocycles. The highest BCUT2D eigenvalue weighted by atomic mass is 32.2. The average molecular weight is 245 g/mol. The summed E-state index contributed by atoms with van der Waals surface area (Å²) in [5.74, 6) is -0.247. The van der Waals surface area contributed by atoms with Crippen LogP contribution in [0.25, 0.3) is 0 Å². The van der Waals surface area contributed by atoms with E-state index in [1.807, 2.05) is 0 Å². The number of benzene rings is 1. The van der Waals surface area contributed by atoms with Gasteiger partial charge in [0.2, 0.25) is 0 Å².